The van der Waals surface area contributed by atoms with E-state index in [1.54, 1.807) is 32.0 Å². The van der Waals surface area contributed by atoms with Gasteiger partial charge in [0.1, 0.15) is 47.7 Å². The maximum absolute atomic E-state index is 14.9. The second kappa shape index (κ2) is 14.5. The van der Waals surface area contributed by atoms with Crippen LogP contribution in [0.1, 0.15) is 58.4 Å². The predicted octanol–water partition coefficient (Wildman–Crippen LogP) is 0.0807. The van der Waals surface area contributed by atoms with E-state index in [1.165, 1.54) is 49.5 Å². The normalized spacial score (nSPS) is 32.8. The molecule has 0 aromatic heterocycles. The van der Waals surface area contributed by atoms with Crippen LogP contribution >= 0.6 is 11.6 Å². The zero-order valence-electron chi connectivity index (χ0n) is 31.1. The summed E-state index contributed by atoms with van der Waals surface area (Å²) in [5, 5.41) is 30.5. The van der Waals surface area contributed by atoms with Crippen molar-refractivity contribution in [2.24, 2.45) is 16.1 Å². The van der Waals surface area contributed by atoms with E-state index >= 15 is 0 Å². The molecule has 8 unspecified atom stereocenters. The summed E-state index contributed by atoms with van der Waals surface area (Å²) >= 11 is 6.29. The number of likely N-dealkylation sites (N-methyl/N-ethyl adjacent to an activating group) is 1. The van der Waals surface area contributed by atoms with Crippen LogP contribution in [-0.2, 0) is 39.1 Å². The molecule has 7 rings (SSSR count). The SMILES string of the molecule is COC1=CC2C(=O)N(C)C(C)C(=O)N3N=CCCC3C(=O)N3C(CC4(O)c5ccc(Cl)cc5NC34)C(=O)NC(C(C)C)C(=O)N3NCCCC3C(=O)N2N=C1. The fourth-order valence-electron chi connectivity index (χ4n) is 8.19. The van der Waals surface area contributed by atoms with Crippen molar-refractivity contribution < 1.29 is 38.6 Å². The molecular weight excluding hydrogens is 736 g/mol. The molecule has 1 aromatic carbocycles. The van der Waals surface area contributed by atoms with Crippen molar-refractivity contribution in [3.63, 3.8) is 0 Å². The fourth-order valence-corrected chi connectivity index (χ4v) is 8.36. The molecule has 6 aliphatic heterocycles. The van der Waals surface area contributed by atoms with E-state index in [9.17, 15) is 33.9 Å². The van der Waals surface area contributed by atoms with Gasteiger partial charge in [0.15, 0.2) is 6.04 Å². The number of anilines is 1. The molecule has 3 fully saturated rings. The Balaban J connectivity index is 1.34. The van der Waals surface area contributed by atoms with Crippen LogP contribution in [0.5, 0.6) is 0 Å². The lowest BCUT2D eigenvalue weighted by molar-refractivity contribution is -0.160. The topological polar surface area (TPSA) is 209 Å². The van der Waals surface area contributed by atoms with Gasteiger partial charge in [0.2, 0.25) is 11.8 Å². The maximum Gasteiger partial charge on any atom is 0.268 e. The van der Waals surface area contributed by atoms with Crippen LogP contribution in [0.2, 0.25) is 5.02 Å². The summed E-state index contributed by atoms with van der Waals surface area (Å²) in [6, 6.07) is -2.58. The number of ether oxygens (including phenoxy) is 1. The number of methoxy groups -OCH3 is 1. The van der Waals surface area contributed by atoms with Crippen molar-refractivity contribution in [3.05, 3.63) is 40.6 Å². The standard InChI is InChI=1S/C36H45ClN10O8/c1-18(2)28-34(53)46-25(9-7-13-39-46)33(52)47-26(15-21(55-5)17-40-47)31(50)43(4)19(3)30(49)45-24(8-6-12-38-45)32(51)44-27(29(48)42-28)16-36(54)22-11-10-20(37)14-23(22)41-35(36)44/h10-12,14-15,17-19,24-28,35,39,41,54H,6-9,13,16H2,1-5H3,(H,42,48). The van der Waals surface area contributed by atoms with Crippen molar-refractivity contribution >= 4 is 65.2 Å². The van der Waals surface area contributed by atoms with Gasteiger partial charge >= 0.3 is 0 Å². The van der Waals surface area contributed by atoms with E-state index < -0.39 is 89.4 Å². The average Bonchev–Trinajstić information content (AvgIpc) is 3.64. The first kappa shape index (κ1) is 38.2. The third-order valence-electron chi connectivity index (χ3n) is 11.3. The van der Waals surface area contributed by atoms with Crippen molar-refractivity contribution in [2.75, 3.05) is 26.0 Å². The van der Waals surface area contributed by atoms with Crippen LogP contribution in [-0.4, -0.2) is 141 Å². The lowest BCUT2D eigenvalue weighted by atomic mass is 9.91. The van der Waals surface area contributed by atoms with Crippen LogP contribution in [0.3, 0.4) is 0 Å². The quantitative estimate of drug-likeness (QED) is 0.318. The molecule has 6 amide bonds. The molecule has 0 saturated carbocycles. The van der Waals surface area contributed by atoms with E-state index in [4.69, 9.17) is 16.3 Å². The largest absolute Gasteiger partial charge is 0.495 e. The number of carbonyl (C=O) groups excluding carboxylic acids is 6. The zero-order chi connectivity index (χ0) is 39.5. The highest BCUT2D eigenvalue weighted by Crippen LogP contribution is 2.50. The molecule has 19 heteroatoms. The van der Waals surface area contributed by atoms with E-state index in [0.717, 1.165) is 14.9 Å². The van der Waals surface area contributed by atoms with Gasteiger partial charge in [-0.1, -0.05) is 31.5 Å². The van der Waals surface area contributed by atoms with Gasteiger partial charge in [-0.3, -0.25) is 33.8 Å². The molecule has 0 spiro atoms. The van der Waals surface area contributed by atoms with Crippen molar-refractivity contribution in [3.8, 4) is 0 Å². The number of fused-ring (bicyclic) bond motifs is 8. The zero-order valence-corrected chi connectivity index (χ0v) is 31.9. The van der Waals surface area contributed by atoms with Crippen LogP contribution in [0, 0.1) is 5.92 Å². The number of hydrazone groups is 2. The van der Waals surface area contributed by atoms with Gasteiger partial charge in [0.25, 0.3) is 23.6 Å². The monoisotopic (exact) mass is 780 g/mol. The molecule has 0 aliphatic carbocycles. The van der Waals surface area contributed by atoms with E-state index in [2.05, 4.69) is 26.3 Å². The fraction of sp³-hybridized carbons (Fsp3) is 0.556. The van der Waals surface area contributed by atoms with E-state index in [0.29, 0.717) is 35.7 Å². The van der Waals surface area contributed by atoms with Gasteiger partial charge in [0.05, 0.1) is 13.3 Å². The Morgan fingerprint density at radius 2 is 1.71 bits per heavy atom. The molecule has 6 heterocycles. The number of amides is 6. The number of benzene rings is 1. The first-order chi connectivity index (χ1) is 26.2. The number of halogens is 1. The van der Waals surface area contributed by atoms with Crippen molar-refractivity contribution in [2.45, 2.75) is 101 Å². The number of aliphatic hydroxyl groups is 1. The molecule has 0 bridgehead atoms. The predicted molar refractivity (Wildman–Crippen MR) is 197 cm³/mol. The number of hydrazine groups is 1. The Hall–Kier alpha value is -5.07. The van der Waals surface area contributed by atoms with Gasteiger partial charge in [-0.25, -0.2) is 15.4 Å². The van der Waals surface area contributed by atoms with Gasteiger partial charge in [-0.2, -0.15) is 10.2 Å². The molecule has 6 aliphatic rings. The smallest absolute Gasteiger partial charge is 0.268 e. The molecule has 55 heavy (non-hydrogen) atoms. The minimum Gasteiger partial charge on any atom is -0.495 e. The summed E-state index contributed by atoms with van der Waals surface area (Å²) in [6.07, 6.45) is 3.94. The Morgan fingerprint density at radius 1 is 0.945 bits per heavy atom. The Kier molecular flexibility index (Phi) is 10.1. The first-order valence-corrected chi connectivity index (χ1v) is 18.8. The van der Waals surface area contributed by atoms with E-state index in [1.807, 2.05) is 0 Å². The number of nitrogens with zero attached hydrogens (tertiary/aromatic N) is 7. The molecule has 1 aromatic rings. The summed E-state index contributed by atoms with van der Waals surface area (Å²) in [4.78, 5) is 89.3. The molecular formula is C36H45ClN10O8. The Bertz CT molecular complexity index is 1910. The summed E-state index contributed by atoms with van der Waals surface area (Å²) in [5.41, 5.74) is 2.16. The second-order valence-corrected chi connectivity index (χ2v) is 15.4. The number of hydrogen-bond donors (Lipinski definition) is 4. The molecule has 18 nitrogen and oxygen atoms in total. The van der Waals surface area contributed by atoms with Gasteiger partial charge in [0, 0.05) is 42.5 Å². The van der Waals surface area contributed by atoms with Gasteiger partial charge in [-0.05, 0) is 56.7 Å². The number of nitrogens with one attached hydrogen (secondary N) is 3. The summed E-state index contributed by atoms with van der Waals surface area (Å²) in [5.74, 6) is -4.35. The summed E-state index contributed by atoms with van der Waals surface area (Å²) in [7, 11) is 2.78. The molecule has 8 atom stereocenters. The minimum absolute atomic E-state index is 0.127. The number of rotatable bonds is 2. The Labute approximate surface area is 322 Å². The van der Waals surface area contributed by atoms with Crippen LogP contribution < -0.4 is 16.1 Å². The number of hydrogen-bond acceptors (Lipinski definition) is 12. The molecule has 3 saturated heterocycles. The lowest BCUT2D eigenvalue weighted by Gasteiger charge is -2.42. The third kappa shape index (κ3) is 6.38. The first-order valence-electron chi connectivity index (χ1n) is 18.4. The highest BCUT2D eigenvalue weighted by molar-refractivity contribution is 6.31. The highest BCUT2D eigenvalue weighted by Gasteiger charge is 2.62. The third-order valence-corrected chi connectivity index (χ3v) is 11.6. The van der Waals surface area contributed by atoms with Crippen molar-refractivity contribution in [1.29, 1.82) is 0 Å². The minimum atomic E-state index is -1.76. The number of carbonyl (C=O) groups is 6. The molecule has 4 N–H and O–H groups in total. The van der Waals surface area contributed by atoms with Crippen LogP contribution in [0.25, 0.3) is 0 Å². The maximum atomic E-state index is 14.9. The second-order valence-electron chi connectivity index (χ2n) is 15.0. The average molecular weight is 781 g/mol. The van der Waals surface area contributed by atoms with Gasteiger partial charge in [-0.15, -0.1) is 0 Å². The van der Waals surface area contributed by atoms with Crippen molar-refractivity contribution in [1.82, 2.24) is 35.6 Å². The summed E-state index contributed by atoms with van der Waals surface area (Å²) in [6.45, 7) is 5.30. The molecule has 0 radical (unpaired) electrons. The van der Waals surface area contributed by atoms with Crippen LogP contribution in [0.4, 0.5) is 5.69 Å². The highest BCUT2D eigenvalue weighted by atomic mass is 35.5. The summed E-state index contributed by atoms with van der Waals surface area (Å²) < 4.78 is 5.35. The van der Waals surface area contributed by atoms with Crippen LogP contribution in [0.15, 0.2) is 40.2 Å². The van der Waals surface area contributed by atoms with Gasteiger partial charge < -0.3 is 30.3 Å². The lowest BCUT2D eigenvalue weighted by Crippen LogP contribution is -2.66. The Morgan fingerprint density at radius 3 is 2.44 bits per heavy atom. The van der Waals surface area contributed by atoms with E-state index in [-0.39, 0.29) is 25.0 Å². The molecule has 294 valence electrons. The number of allylic oxidation sites excluding steroid dienone is 1.